The SMILES string of the molecule is Cc1cnccc1-c1cccc(C(C)(C)N(CCCNSCCN)Sc2cccc(Cl)c2C)c1. The lowest BCUT2D eigenvalue weighted by Gasteiger charge is -2.38. The molecule has 0 aliphatic rings. The normalized spacial score (nSPS) is 11.9. The first-order chi connectivity index (χ1) is 16.3. The van der Waals surface area contributed by atoms with Crippen LogP contribution in [0.15, 0.2) is 65.8 Å². The summed E-state index contributed by atoms with van der Waals surface area (Å²) in [7, 11) is 0. The van der Waals surface area contributed by atoms with E-state index in [-0.39, 0.29) is 5.54 Å². The topological polar surface area (TPSA) is 54.2 Å². The fourth-order valence-electron chi connectivity index (χ4n) is 3.75. The van der Waals surface area contributed by atoms with Crippen LogP contribution >= 0.6 is 35.5 Å². The van der Waals surface area contributed by atoms with Crippen molar-refractivity contribution in [2.75, 3.05) is 25.4 Å². The first-order valence-electron chi connectivity index (χ1n) is 11.6. The van der Waals surface area contributed by atoms with E-state index in [1.165, 1.54) is 27.1 Å². The number of nitrogens with zero attached hydrogens (tertiary/aromatic N) is 2. The molecule has 0 spiro atoms. The summed E-state index contributed by atoms with van der Waals surface area (Å²) in [4.78, 5) is 5.44. The number of pyridine rings is 1. The summed E-state index contributed by atoms with van der Waals surface area (Å²) < 4.78 is 5.91. The molecular formula is C27H35ClN4S2. The molecule has 3 rings (SSSR count). The lowest BCUT2D eigenvalue weighted by molar-refractivity contribution is 0.251. The predicted octanol–water partition coefficient (Wildman–Crippen LogP) is 6.85. The molecule has 0 aliphatic heterocycles. The molecule has 0 radical (unpaired) electrons. The molecule has 2 aromatic carbocycles. The zero-order valence-electron chi connectivity index (χ0n) is 20.5. The summed E-state index contributed by atoms with van der Waals surface area (Å²) in [5, 5.41) is 0.803. The van der Waals surface area contributed by atoms with Gasteiger partial charge in [-0.05, 0) is 98.1 Å². The van der Waals surface area contributed by atoms with Crippen molar-refractivity contribution in [3.63, 3.8) is 0 Å². The maximum Gasteiger partial charge on any atom is 0.0509 e. The summed E-state index contributed by atoms with van der Waals surface area (Å²) in [5.74, 6) is 0.923. The number of rotatable bonds is 12. The molecule has 182 valence electrons. The molecular weight excluding hydrogens is 480 g/mol. The van der Waals surface area contributed by atoms with Crippen LogP contribution in [0.25, 0.3) is 11.1 Å². The smallest absolute Gasteiger partial charge is 0.0509 e. The van der Waals surface area contributed by atoms with Crippen molar-refractivity contribution in [1.29, 1.82) is 0 Å². The second kappa shape index (κ2) is 13.0. The van der Waals surface area contributed by atoms with Gasteiger partial charge >= 0.3 is 0 Å². The van der Waals surface area contributed by atoms with Crippen molar-refractivity contribution >= 4 is 35.5 Å². The molecule has 0 unspecified atom stereocenters. The molecule has 0 saturated heterocycles. The van der Waals surface area contributed by atoms with Crippen LogP contribution in [0.1, 0.15) is 37.0 Å². The highest BCUT2D eigenvalue weighted by Crippen LogP contribution is 2.40. The Bertz CT molecular complexity index is 1070. The Morgan fingerprint density at radius 1 is 1.12 bits per heavy atom. The number of halogens is 1. The Hall–Kier alpha value is -1.54. The van der Waals surface area contributed by atoms with E-state index in [0.717, 1.165) is 35.8 Å². The number of nitrogens with one attached hydrogen (secondary N) is 1. The third kappa shape index (κ3) is 7.00. The van der Waals surface area contributed by atoms with Gasteiger partial charge in [0.05, 0.1) is 5.54 Å². The predicted molar refractivity (Wildman–Crippen MR) is 150 cm³/mol. The van der Waals surface area contributed by atoms with Gasteiger partial charge in [-0.2, -0.15) is 0 Å². The van der Waals surface area contributed by atoms with E-state index in [4.69, 9.17) is 17.3 Å². The van der Waals surface area contributed by atoms with Gasteiger partial charge in [0.15, 0.2) is 0 Å². The van der Waals surface area contributed by atoms with E-state index in [0.29, 0.717) is 6.54 Å². The molecule has 4 nitrogen and oxygen atoms in total. The molecule has 1 aromatic heterocycles. The number of nitrogens with two attached hydrogens (primary N) is 1. The minimum absolute atomic E-state index is 0.208. The van der Waals surface area contributed by atoms with Crippen molar-refractivity contribution in [2.45, 2.75) is 44.6 Å². The van der Waals surface area contributed by atoms with Crippen LogP contribution in [-0.2, 0) is 5.54 Å². The summed E-state index contributed by atoms with van der Waals surface area (Å²) >= 11 is 9.93. The van der Waals surface area contributed by atoms with Gasteiger partial charge in [-0.25, -0.2) is 4.31 Å². The summed E-state index contributed by atoms with van der Waals surface area (Å²) in [6, 6.07) is 17.1. The molecule has 0 aliphatic carbocycles. The standard InChI is InChI=1S/C27H35ClN4S2/c1-20-19-30-15-12-24(20)22-8-5-9-23(18-22)27(3,4)32(16-7-14-31-33-17-13-29)34-26-11-6-10-25(28)21(26)2/h5-6,8-12,15,18-19,31H,7,13-14,16-17,29H2,1-4H3. The highest BCUT2D eigenvalue weighted by atomic mass is 35.5. The average molecular weight is 515 g/mol. The van der Waals surface area contributed by atoms with Crippen LogP contribution < -0.4 is 10.5 Å². The number of hydrogen-bond acceptors (Lipinski definition) is 6. The molecule has 0 atom stereocenters. The monoisotopic (exact) mass is 514 g/mol. The van der Waals surface area contributed by atoms with Gasteiger partial charge in [0, 0.05) is 47.7 Å². The Kier molecular flexibility index (Phi) is 10.3. The zero-order chi connectivity index (χ0) is 24.6. The Labute approximate surface area is 218 Å². The van der Waals surface area contributed by atoms with Crippen LogP contribution in [0.5, 0.6) is 0 Å². The highest BCUT2D eigenvalue weighted by molar-refractivity contribution is 7.97. The lowest BCUT2D eigenvalue weighted by Crippen LogP contribution is -2.38. The third-order valence-corrected chi connectivity index (χ3v) is 8.67. The van der Waals surface area contributed by atoms with Crippen LogP contribution in [-0.4, -0.2) is 34.7 Å². The van der Waals surface area contributed by atoms with Gasteiger partial charge in [-0.1, -0.05) is 47.8 Å². The van der Waals surface area contributed by atoms with Crippen molar-refractivity contribution in [3.8, 4) is 11.1 Å². The number of aromatic nitrogens is 1. The van der Waals surface area contributed by atoms with E-state index >= 15 is 0 Å². The van der Waals surface area contributed by atoms with Gasteiger partial charge in [0.25, 0.3) is 0 Å². The van der Waals surface area contributed by atoms with Crippen LogP contribution in [0.2, 0.25) is 5.02 Å². The van der Waals surface area contributed by atoms with E-state index in [2.05, 4.69) is 78.1 Å². The Morgan fingerprint density at radius 2 is 1.91 bits per heavy atom. The van der Waals surface area contributed by atoms with E-state index < -0.39 is 0 Å². The third-order valence-electron chi connectivity index (χ3n) is 5.91. The minimum Gasteiger partial charge on any atom is -0.330 e. The molecule has 34 heavy (non-hydrogen) atoms. The van der Waals surface area contributed by atoms with Gasteiger partial charge < -0.3 is 5.73 Å². The molecule has 0 amide bonds. The average Bonchev–Trinajstić information content (AvgIpc) is 2.83. The van der Waals surface area contributed by atoms with Crippen molar-refractivity contribution in [3.05, 3.63) is 82.6 Å². The largest absolute Gasteiger partial charge is 0.330 e. The van der Waals surface area contributed by atoms with Gasteiger partial charge in [0.1, 0.15) is 0 Å². The van der Waals surface area contributed by atoms with Crippen molar-refractivity contribution < 1.29 is 0 Å². The maximum absolute atomic E-state index is 6.45. The Balaban J connectivity index is 1.88. The fraction of sp³-hybridized carbons (Fsp3) is 0.370. The fourth-order valence-corrected chi connectivity index (χ4v) is 5.71. The summed E-state index contributed by atoms with van der Waals surface area (Å²) in [5.41, 5.74) is 11.4. The number of benzene rings is 2. The molecule has 1 heterocycles. The first kappa shape index (κ1) is 27.1. The lowest BCUT2D eigenvalue weighted by atomic mass is 9.90. The van der Waals surface area contributed by atoms with Gasteiger partial charge in [-0.3, -0.25) is 9.71 Å². The van der Waals surface area contributed by atoms with E-state index in [9.17, 15) is 0 Å². The molecule has 0 saturated carbocycles. The molecule has 0 fully saturated rings. The van der Waals surface area contributed by atoms with E-state index in [1.54, 1.807) is 23.9 Å². The first-order valence-corrected chi connectivity index (χ1v) is 13.7. The summed E-state index contributed by atoms with van der Waals surface area (Å²) in [6.07, 6.45) is 4.81. The number of aryl methyl sites for hydroxylation is 1. The van der Waals surface area contributed by atoms with Crippen molar-refractivity contribution in [2.24, 2.45) is 5.73 Å². The van der Waals surface area contributed by atoms with Crippen molar-refractivity contribution in [1.82, 2.24) is 14.0 Å². The second-order valence-electron chi connectivity index (χ2n) is 8.77. The van der Waals surface area contributed by atoms with Gasteiger partial charge in [0.2, 0.25) is 0 Å². The van der Waals surface area contributed by atoms with Crippen LogP contribution in [0, 0.1) is 13.8 Å². The molecule has 3 aromatic rings. The van der Waals surface area contributed by atoms with Crippen LogP contribution in [0.4, 0.5) is 0 Å². The zero-order valence-corrected chi connectivity index (χ0v) is 22.9. The van der Waals surface area contributed by atoms with Gasteiger partial charge in [-0.15, -0.1) is 0 Å². The summed E-state index contributed by atoms with van der Waals surface area (Å²) in [6.45, 7) is 11.4. The molecule has 0 bridgehead atoms. The van der Waals surface area contributed by atoms with Crippen LogP contribution in [0.3, 0.4) is 0 Å². The quantitative estimate of drug-likeness (QED) is 0.203. The highest BCUT2D eigenvalue weighted by Gasteiger charge is 2.30. The molecule has 3 N–H and O–H groups in total. The minimum atomic E-state index is -0.208. The van der Waals surface area contributed by atoms with E-state index in [1.807, 2.05) is 24.5 Å². The maximum atomic E-state index is 6.45. The number of hydrogen-bond donors (Lipinski definition) is 2. The second-order valence-corrected chi connectivity index (χ2v) is 11.2. The molecule has 7 heteroatoms. The Morgan fingerprint density at radius 3 is 2.68 bits per heavy atom.